The standard InChI is InChI=1S/C28H23N3O4/c1-3-21-9-5-18-14-19(6-10-23(18)29-21)28(33)31-24-16-22(8-4-17(24)2)30-27(32)20-7-11-25-26(15-20)35-13-12-34-25/h3-11,14-16H,1,12-13H2,2H3,(H,30,32)(H,31,33). The van der Waals surface area contributed by atoms with Crippen molar-refractivity contribution in [3.8, 4) is 11.5 Å². The first-order chi connectivity index (χ1) is 17.0. The number of hydrogen-bond donors (Lipinski definition) is 2. The molecule has 1 aliphatic rings. The van der Waals surface area contributed by atoms with E-state index in [9.17, 15) is 9.59 Å². The number of carbonyl (C=O) groups excluding carboxylic acids is 2. The number of pyridine rings is 1. The van der Waals surface area contributed by atoms with Crippen LogP contribution in [-0.4, -0.2) is 30.0 Å². The van der Waals surface area contributed by atoms with Gasteiger partial charge in [0.1, 0.15) is 13.2 Å². The largest absolute Gasteiger partial charge is 0.486 e. The minimum Gasteiger partial charge on any atom is -0.486 e. The van der Waals surface area contributed by atoms with Crippen LogP contribution in [0.15, 0.2) is 73.3 Å². The molecule has 7 heteroatoms. The highest BCUT2D eigenvalue weighted by atomic mass is 16.6. The molecular formula is C28H23N3O4. The quantitative estimate of drug-likeness (QED) is 0.408. The average molecular weight is 466 g/mol. The van der Waals surface area contributed by atoms with Crippen molar-refractivity contribution >= 4 is 40.2 Å². The van der Waals surface area contributed by atoms with Gasteiger partial charge in [0, 0.05) is 27.9 Å². The molecule has 2 N–H and O–H groups in total. The second-order valence-corrected chi connectivity index (χ2v) is 8.14. The van der Waals surface area contributed by atoms with E-state index in [-0.39, 0.29) is 11.8 Å². The molecule has 0 saturated heterocycles. The minimum absolute atomic E-state index is 0.252. The third-order valence-electron chi connectivity index (χ3n) is 5.73. The molecule has 4 aromatic rings. The van der Waals surface area contributed by atoms with Crippen LogP contribution < -0.4 is 20.1 Å². The number of amides is 2. The number of carbonyl (C=O) groups is 2. The Hall–Kier alpha value is -4.65. The van der Waals surface area contributed by atoms with E-state index in [2.05, 4.69) is 22.2 Å². The van der Waals surface area contributed by atoms with Crippen LogP contribution in [0, 0.1) is 6.92 Å². The number of nitrogens with zero attached hydrogens (tertiary/aromatic N) is 1. The van der Waals surface area contributed by atoms with Gasteiger partial charge in [-0.25, -0.2) is 4.98 Å². The monoisotopic (exact) mass is 465 g/mol. The van der Waals surface area contributed by atoms with Crippen molar-refractivity contribution < 1.29 is 19.1 Å². The fraction of sp³-hybridized carbons (Fsp3) is 0.107. The van der Waals surface area contributed by atoms with Crippen LogP contribution in [0.5, 0.6) is 11.5 Å². The Labute approximate surface area is 202 Å². The van der Waals surface area contributed by atoms with Crippen molar-refractivity contribution in [2.75, 3.05) is 23.8 Å². The van der Waals surface area contributed by atoms with Crippen LogP contribution >= 0.6 is 0 Å². The van der Waals surface area contributed by atoms with Crippen LogP contribution in [0.2, 0.25) is 0 Å². The van der Waals surface area contributed by atoms with Gasteiger partial charge in [0.2, 0.25) is 0 Å². The van der Waals surface area contributed by atoms with Gasteiger partial charge in [-0.3, -0.25) is 9.59 Å². The highest BCUT2D eigenvalue weighted by Crippen LogP contribution is 2.31. The summed E-state index contributed by atoms with van der Waals surface area (Å²) in [6.45, 7) is 6.56. The highest BCUT2D eigenvalue weighted by Gasteiger charge is 2.16. The smallest absolute Gasteiger partial charge is 0.255 e. The fourth-order valence-electron chi connectivity index (χ4n) is 3.81. The SMILES string of the molecule is C=Cc1ccc2cc(C(=O)Nc3cc(NC(=O)c4ccc5c(c4)OCCO5)ccc3C)ccc2n1. The Morgan fingerprint density at radius 1 is 0.857 bits per heavy atom. The molecule has 2 amide bonds. The van der Waals surface area contributed by atoms with E-state index < -0.39 is 0 Å². The molecule has 0 radical (unpaired) electrons. The van der Waals surface area contributed by atoms with Crippen LogP contribution in [-0.2, 0) is 0 Å². The zero-order valence-electron chi connectivity index (χ0n) is 19.1. The van der Waals surface area contributed by atoms with Crippen molar-refractivity contribution in [2.45, 2.75) is 6.92 Å². The molecule has 1 aromatic heterocycles. The molecular weight excluding hydrogens is 442 g/mol. The van der Waals surface area contributed by atoms with E-state index in [1.165, 1.54) is 0 Å². The Kier molecular flexibility index (Phi) is 5.89. The zero-order chi connectivity index (χ0) is 24.4. The molecule has 0 saturated carbocycles. The molecule has 3 aromatic carbocycles. The number of aromatic nitrogens is 1. The summed E-state index contributed by atoms with van der Waals surface area (Å²) in [6, 6.07) is 19.6. The lowest BCUT2D eigenvalue weighted by Gasteiger charge is -2.18. The summed E-state index contributed by atoms with van der Waals surface area (Å²) in [5.41, 5.74) is 4.56. The normalized spacial score (nSPS) is 12.1. The molecule has 0 spiro atoms. The first kappa shape index (κ1) is 22.2. The molecule has 5 rings (SSSR count). The maximum atomic E-state index is 13.0. The lowest BCUT2D eigenvalue weighted by molar-refractivity contribution is 0.101. The van der Waals surface area contributed by atoms with Gasteiger partial charge in [0.15, 0.2) is 11.5 Å². The van der Waals surface area contributed by atoms with Crippen LogP contribution in [0.3, 0.4) is 0 Å². The lowest BCUT2D eigenvalue weighted by atomic mass is 10.1. The van der Waals surface area contributed by atoms with Crippen molar-refractivity contribution in [3.05, 3.63) is 95.7 Å². The minimum atomic E-state index is -0.288. The predicted molar refractivity (Wildman–Crippen MR) is 136 cm³/mol. The number of aryl methyl sites for hydroxylation is 1. The van der Waals surface area contributed by atoms with Crippen molar-refractivity contribution in [3.63, 3.8) is 0 Å². The molecule has 0 unspecified atom stereocenters. The summed E-state index contributed by atoms with van der Waals surface area (Å²) >= 11 is 0. The topological polar surface area (TPSA) is 89.6 Å². The van der Waals surface area contributed by atoms with Crippen LogP contribution in [0.4, 0.5) is 11.4 Å². The molecule has 0 bridgehead atoms. The molecule has 7 nitrogen and oxygen atoms in total. The lowest BCUT2D eigenvalue weighted by Crippen LogP contribution is -2.17. The summed E-state index contributed by atoms with van der Waals surface area (Å²) in [7, 11) is 0. The van der Waals surface area contributed by atoms with Gasteiger partial charge >= 0.3 is 0 Å². The number of ether oxygens (including phenoxy) is 2. The number of hydrogen-bond acceptors (Lipinski definition) is 5. The summed E-state index contributed by atoms with van der Waals surface area (Å²) in [5.74, 6) is 0.632. The highest BCUT2D eigenvalue weighted by molar-refractivity contribution is 6.08. The zero-order valence-corrected chi connectivity index (χ0v) is 19.1. The Bertz CT molecular complexity index is 1480. The van der Waals surface area contributed by atoms with Gasteiger partial charge in [-0.15, -0.1) is 0 Å². The van der Waals surface area contributed by atoms with E-state index in [0.29, 0.717) is 47.2 Å². The molecule has 0 atom stereocenters. The van der Waals surface area contributed by atoms with Crippen molar-refractivity contribution in [1.29, 1.82) is 0 Å². The first-order valence-electron chi connectivity index (χ1n) is 11.2. The predicted octanol–water partition coefficient (Wildman–Crippen LogP) is 5.46. The van der Waals surface area contributed by atoms with E-state index in [1.54, 1.807) is 48.5 Å². The fourth-order valence-corrected chi connectivity index (χ4v) is 3.81. The summed E-state index contributed by atoms with van der Waals surface area (Å²) < 4.78 is 11.1. The third kappa shape index (κ3) is 4.70. The van der Waals surface area contributed by atoms with Gasteiger partial charge in [-0.1, -0.05) is 18.7 Å². The maximum Gasteiger partial charge on any atom is 0.255 e. The van der Waals surface area contributed by atoms with Crippen LogP contribution in [0.1, 0.15) is 32.0 Å². The first-order valence-corrected chi connectivity index (χ1v) is 11.2. The van der Waals surface area contributed by atoms with Gasteiger partial charge < -0.3 is 20.1 Å². The Morgan fingerprint density at radius 2 is 1.60 bits per heavy atom. The number of rotatable bonds is 5. The second-order valence-electron chi connectivity index (χ2n) is 8.14. The Morgan fingerprint density at radius 3 is 2.43 bits per heavy atom. The van der Waals surface area contributed by atoms with E-state index in [4.69, 9.17) is 9.47 Å². The molecule has 2 heterocycles. The number of nitrogens with one attached hydrogen (secondary N) is 2. The van der Waals surface area contributed by atoms with Crippen LogP contribution in [0.25, 0.3) is 17.0 Å². The van der Waals surface area contributed by atoms with E-state index in [0.717, 1.165) is 22.2 Å². The number of anilines is 2. The maximum absolute atomic E-state index is 13.0. The number of fused-ring (bicyclic) bond motifs is 2. The van der Waals surface area contributed by atoms with E-state index in [1.807, 2.05) is 31.2 Å². The van der Waals surface area contributed by atoms with Gasteiger partial charge in [0.25, 0.3) is 11.8 Å². The van der Waals surface area contributed by atoms with Crippen molar-refractivity contribution in [2.24, 2.45) is 0 Å². The second kappa shape index (κ2) is 9.30. The number of benzene rings is 3. The molecule has 1 aliphatic heterocycles. The van der Waals surface area contributed by atoms with Gasteiger partial charge in [-0.05, 0) is 73.2 Å². The average Bonchev–Trinajstić information content (AvgIpc) is 2.89. The van der Waals surface area contributed by atoms with Gasteiger partial charge in [0.05, 0.1) is 11.2 Å². The molecule has 35 heavy (non-hydrogen) atoms. The van der Waals surface area contributed by atoms with E-state index >= 15 is 0 Å². The Balaban J connectivity index is 1.32. The summed E-state index contributed by atoms with van der Waals surface area (Å²) in [6.07, 6.45) is 1.68. The molecule has 0 fully saturated rings. The molecule has 174 valence electrons. The van der Waals surface area contributed by atoms with Gasteiger partial charge in [-0.2, -0.15) is 0 Å². The summed E-state index contributed by atoms with van der Waals surface area (Å²) in [5, 5.41) is 6.68. The van der Waals surface area contributed by atoms with Crippen molar-refractivity contribution in [1.82, 2.24) is 4.98 Å². The third-order valence-corrected chi connectivity index (χ3v) is 5.73. The summed E-state index contributed by atoms with van der Waals surface area (Å²) in [4.78, 5) is 30.2. The molecule has 0 aliphatic carbocycles.